The number of carbonyl (C=O) groups excluding carboxylic acids is 1. The molecule has 1 unspecified atom stereocenters. The summed E-state index contributed by atoms with van der Waals surface area (Å²) in [6.45, 7) is 8.31. The number of hydrogen-bond acceptors (Lipinski definition) is 7. The largest absolute Gasteiger partial charge is 0.388 e. The van der Waals surface area contributed by atoms with E-state index in [4.69, 9.17) is 9.76 Å². The number of rotatable bonds is 6. The van der Waals surface area contributed by atoms with E-state index in [9.17, 15) is 9.18 Å². The van der Waals surface area contributed by atoms with Crippen molar-refractivity contribution >= 4 is 40.2 Å². The van der Waals surface area contributed by atoms with Crippen molar-refractivity contribution in [3.63, 3.8) is 0 Å². The Balaban J connectivity index is 0.000000384. The second-order valence-corrected chi connectivity index (χ2v) is 10.3. The highest BCUT2D eigenvalue weighted by molar-refractivity contribution is 7.86. The van der Waals surface area contributed by atoms with Gasteiger partial charge in [0.05, 0.1) is 5.70 Å². The quantitative estimate of drug-likeness (QED) is 0.150. The Bertz CT molecular complexity index is 1330. The number of nitrogens with one attached hydrogen (secondary N) is 5. The van der Waals surface area contributed by atoms with E-state index in [1.165, 1.54) is 12.2 Å². The molecule has 5 N–H and O–H groups in total. The molecule has 4 rings (SSSR count). The Morgan fingerprint density at radius 2 is 1.93 bits per heavy atom. The molecule has 1 aromatic heterocycles. The van der Waals surface area contributed by atoms with E-state index in [1.807, 2.05) is 58.3 Å². The molecule has 0 aliphatic carbocycles. The summed E-state index contributed by atoms with van der Waals surface area (Å²) < 4.78 is 21.2. The zero-order valence-electron chi connectivity index (χ0n) is 24.6. The van der Waals surface area contributed by atoms with Crippen molar-refractivity contribution in [2.24, 2.45) is 0 Å². The normalized spacial score (nSPS) is 14.9. The summed E-state index contributed by atoms with van der Waals surface area (Å²) in [6, 6.07) is 16.3. The number of benzene rings is 2. The molecule has 4 bridgehead atoms. The van der Waals surface area contributed by atoms with Crippen LogP contribution in [0.25, 0.3) is 11.1 Å². The van der Waals surface area contributed by atoms with E-state index < -0.39 is 10.7 Å². The molecule has 2 heterocycles. The van der Waals surface area contributed by atoms with E-state index in [1.54, 1.807) is 6.92 Å². The molecule has 0 saturated heterocycles. The van der Waals surface area contributed by atoms with Crippen molar-refractivity contribution in [3.05, 3.63) is 78.4 Å². The van der Waals surface area contributed by atoms with Gasteiger partial charge in [0.2, 0.25) is 12.4 Å². The minimum Gasteiger partial charge on any atom is -0.388 e. The molecule has 10 heteroatoms. The lowest BCUT2D eigenvalue weighted by molar-refractivity contribution is -0.108. The van der Waals surface area contributed by atoms with Gasteiger partial charge in [-0.3, -0.25) is 9.57 Å². The lowest BCUT2D eigenvalue weighted by Crippen LogP contribution is -2.10. The van der Waals surface area contributed by atoms with Gasteiger partial charge in [-0.15, -0.1) is 0 Å². The van der Waals surface area contributed by atoms with Crippen LogP contribution in [0.1, 0.15) is 47.0 Å². The first-order valence-electron chi connectivity index (χ1n) is 13.9. The Labute approximate surface area is 245 Å². The summed E-state index contributed by atoms with van der Waals surface area (Å²) in [6.07, 6.45) is 7.88. The van der Waals surface area contributed by atoms with Crippen LogP contribution in [-0.4, -0.2) is 35.7 Å². The number of aromatic nitrogens is 2. The third-order valence-electron chi connectivity index (χ3n) is 5.86. The van der Waals surface area contributed by atoms with Gasteiger partial charge in [-0.25, -0.2) is 9.37 Å². The highest BCUT2D eigenvalue weighted by Gasteiger charge is 2.11. The van der Waals surface area contributed by atoms with Crippen molar-refractivity contribution in [1.29, 1.82) is 4.78 Å². The van der Waals surface area contributed by atoms with Gasteiger partial charge in [-0.2, -0.15) is 4.98 Å². The van der Waals surface area contributed by atoms with Gasteiger partial charge in [0.1, 0.15) is 11.6 Å². The third kappa shape index (κ3) is 10.5. The predicted octanol–water partition coefficient (Wildman–Crippen LogP) is 7.80. The molecule has 1 aliphatic rings. The van der Waals surface area contributed by atoms with Crippen LogP contribution in [0, 0.1) is 4.78 Å². The number of fused-ring (bicyclic) bond motifs is 4. The molecule has 1 aliphatic heterocycles. The van der Waals surface area contributed by atoms with Gasteiger partial charge in [0.15, 0.2) is 0 Å². The number of carbonyl (C=O) groups is 1. The third-order valence-corrected chi connectivity index (χ3v) is 7.38. The smallest absolute Gasteiger partial charge is 0.229 e. The lowest BCUT2D eigenvalue weighted by Gasteiger charge is -2.13. The zero-order chi connectivity index (χ0) is 30.0. The Kier molecular flexibility index (Phi) is 14.8. The van der Waals surface area contributed by atoms with E-state index in [0.717, 1.165) is 58.4 Å². The predicted molar refractivity (Wildman–Crippen MR) is 171 cm³/mol. The first-order valence-corrected chi connectivity index (χ1v) is 15.3. The van der Waals surface area contributed by atoms with Gasteiger partial charge in [0.25, 0.3) is 0 Å². The summed E-state index contributed by atoms with van der Waals surface area (Å²) in [5.41, 5.74) is 4.27. The van der Waals surface area contributed by atoms with Crippen LogP contribution in [-0.2, 0) is 15.5 Å². The average Bonchev–Trinajstić information content (AvgIpc) is 3.01. The minimum absolute atomic E-state index is 0.224. The molecule has 0 spiro atoms. The van der Waals surface area contributed by atoms with Gasteiger partial charge < -0.3 is 21.3 Å². The van der Waals surface area contributed by atoms with Crippen LogP contribution < -0.4 is 21.3 Å². The SMILES string of the molecule is C/C=C(NC=O)\C(F)=C/CC.CC.CNc1ccc(-c2cnc3nc2NCCCCS(=N)c2cccc(c2)N3)cc1. The molecule has 3 aromatic rings. The summed E-state index contributed by atoms with van der Waals surface area (Å²) in [7, 11) is 1.42. The molecule has 0 radical (unpaired) electrons. The average molecular weight is 580 g/mol. The number of amides is 1. The van der Waals surface area contributed by atoms with Gasteiger partial charge in [-0.1, -0.05) is 55.7 Å². The van der Waals surface area contributed by atoms with Crippen LogP contribution in [0.2, 0.25) is 0 Å². The highest BCUT2D eigenvalue weighted by Crippen LogP contribution is 2.29. The monoisotopic (exact) mass is 579 g/mol. The van der Waals surface area contributed by atoms with E-state index in [2.05, 4.69) is 50.5 Å². The molecule has 0 saturated carbocycles. The fourth-order valence-corrected chi connectivity index (χ4v) is 5.04. The Morgan fingerprint density at radius 3 is 2.59 bits per heavy atom. The molecule has 1 atom stereocenters. The molecule has 220 valence electrons. The summed E-state index contributed by atoms with van der Waals surface area (Å²) in [4.78, 5) is 20.3. The van der Waals surface area contributed by atoms with Gasteiger partial charge in [0, 0.05) is 47.4 Å². The van der Waals surface area contributed by atoms with Crippen molar-refractivity contribution in [3.8, 4) is 11.1 Å². The Morgan fingerprint density at radius 1 is 1.17 bits per heavy atom. The van der Waals surface area contributed by atoms with Crippen LogP contribution in [0.15, 0.2) is 83.3 Å². The first-order chi connectivity index (χ1) is 20.0. The van der Waals surface area contributed by atoms with Crippen molar-refractivity contribution in [1.82, 2.24) is 15.3 Å². The lowest BCUT2D eigenvalue weighted by atomic mass is 10.1. The van der Waals surface area contributed by atoms with Crippen molar-refractivity contribution < 1.29 is 9.18 Å². The molecule has 2 aromatic carbocycles. The minimum atomic E-state index is -0.491. The topological polar surface area (TPSA) is 115 Å². The maximum atomic E-state index is 12.8. The molecular weight excluding hydrogens is 537 g/mol. The maximum absolute atomic E-state index is 12.8. The summed E-state index contributed by atoms with van der Waals surface area (Å²) in [5, 5.41) is 12.2. The molecule has 1 amide bonds. The van der Waals surface area contributed by atoms with Crippen LogP contribution in [0.4, 0.5) is 27.5 Å². The standard InChI is InChI=1S/C21H24N6S.C8H12FNO.C2H6/c1-23-16-9-7-15(8-10-16)19-14-25-21-26-17-5-4-6-18(13-17)28(22)12-3-2-11-24-20(19)27-21;1-3-5-7(9)8(4-2)10-6-11;1-2/h4-10,13-14,22-23H,2-3,11-12H2,1H3,(H2,24,25,26,27);4-6H,3H2,1-2H3,(H,10,11);1-2H3/b;7-5+,8-4+;. The van der Waals surface area contributed by atoms with Crippen molar-refractivity contribution in [2.75, 3.05) is 35.3 Å². The fourth-order valence-electron chi connectivity index (χ4n) is 3.80. The molecule has 0 fully saturated rings. The number of hydrogen-bond donors (Lipinski definition) is 5. The summed E-state index contributed by atoms with van der Waals surface area (Å²) >= 11 is 0. The van der Waals surface area contributed by atoms with Crippen LogP contribution in [0.5, 0.6) is 0 Å². The number of halogens is 1. The summed E-state index contributed by atoms with van der Waals surface area (Å²) in [5.74, 6) is 1.88. The molecule has 41 heavy (non-hydrogen) atoms. The van der Waals surface area contributed by atoms with E-state index >= 15 is 0 Å². The second-order valence-electron chi connectivity index (χ2n) is 8.59. The van der Waals surface area contributed by atoms with Gasteiger partial charge in [-0.05, 0) is 68.2 Å². The maximum Gasteiger partial charge on any atom is 0.229 e. The van der Waals surface area contributed by atoms with Gasteiger partial charge >= 0.3 is 0 Å². The Hall–Kier alpha value is -4.05. The van der Waals surface area contributed by atoms with E-state index in [0.29, 0.717) is 18.8 Å². The second kappa shape index (κ2) is 18.3. The van der Waals surface area contributed by atoms with Crippen LogP contribution >= 0.6 is 0 Å². The van der Waals surface area contributed by atoms with E-state index in [-0.39, 0.29) is 11.5 Å². The number of nitrogens with zero attached hydrogens (tertiary/aromatic N) is 2. The fraction of sp³-hybridized carbons (Fsp3) is 0.323. The van der Waals surface area contributed by atoms with Crippen molar-refractivity contribution in [2.45, 2.75) is 51.9 Å². The first kappa shape index (κ1) is 33.2. The molecular formula is C31H42FN7OS. The zero-order valence-corrected chi connectivity index (χ0v) is 25.4. The van der Waals surface area contributed by atoms with Crippen LogP contribution in [0.3, 0.4) is 0 Å². The molecule has 8 nitrogen and oxygen atoms in total. The number of allylic oxidation sites excluding steroid dienone is 3. The highest BCUT2D eigenvalue weighted by atomic mass is 32.2. The number of anilines is 4.